The molecule has 5 heteroatoms. The summed E-state index contributed by atoms with van der Waals surface area (Å²) in [5.41, 5.74) is -0.294. The van der Waals surface area contributed by atoms with Crippen LogP contribution in [0.2, 0.25) is 0 Å². The quantitative estimate of drug-likeness (QED) is 0.908. The summed E-state index contributed by atoms with van der Waals surface area (Å²) < 4.78 is 7.06. The average Bonchev–Trinajstić information content (AvgIpc) is 2.78. The largest absolute Gasteiger partial charge is 0.381 e. The molecule has 1 saturated carbocycles. The minimum Gasteiger partial charge on any atom is -0.381 e. The maximum absolute atomic E-state index is 12.4. The molecule has 0 bridgehead atoms. The van der Waals surface area contributed by atoms with E-state index in [4.69, 9.17) is 4.74 Å². The van der Waals surface area contributed by atoms with Crippen LogP contribution in [0.25, 0.3) is 0 Å². The first-order valence-electron chi connectivity index (χ1n) is 6.79. The van der Waals surface area contributed by atoms with Crippen molar-refractivity contribution in [2.45, 2.75) is 57.7 Å². The standard InChI is InChI=1S/C14H23N3O2/c1-14(2,3)17-8-7-15-12(13(17)18)16-10-5-6-11(9-10)19-4/h7-8,10-11H,5-6,9H2,1-4H3,(H,15,16). The molecular formula is C14H23N3O2. The van der Waals surface area contributed by atoms with Gasteiger partial charge in [-0.05, 0) is 40.0 Å². The average molecular weight is 265 g/mol. The molecule has 2 unspecified atom stereocenters. The fraction of sp³-hybridized carbons (Fsp3) is 0.714. The van der Waals surface area contributed by atoms with Crippen molar-refractivity contribution in [1.29, 1.82) is 0 Å². The van der Waals surface area contributed by atoms with Crippen LogP contribution in [0.4, 0.5) is 5.82 Å². The summed E-state index contributed by atoms with van der Waals surface area (Å²) >= 11 is 0. The van der Waals surface area contributed by atoms with Crippen LogP contribution < -0.4 is 10.9 Å². The maximum Gasteiger partial charge on any atom is 0.293 e. The molecule has 0 saturated heterocycles. The Hall–Kier alpha value is -1.36. The van der Waals surface area contributed by atoms with Crippen LogP contribution in [-0.2, 0) is 10.3 Å². The Labute approximate surface area is 114 Å². The third kappa shape index (κ3) is 3.15. The van der Waals surface area contributed by atoms with Gasteiger partial charge in [0, 0.05) is 31.1 Å². The normalized spacial score (nSPS) is 23.6. The third-order valence-electron chi connectivity index (χ3n) is 3.62. The highest BCUT2D eigenvalue weighted by molar-refractivity contribution is 5.33. The Morgan fingerprint density at radius 2 is 2.16 bits per heavy atom. The summed E-state index contributed by atoms with van der Waals surface area (Å²) in [6, 6.07) is 0.279. The van der Waals surface area contributed by atoms with Gasteiger partial charge < -0.3 is 14.6 Å². The third-order valence-corrected chi connectivity index (χ3v) is 3.62. The predicted molar refractivity (Wildman–Crippen MR) is 75.6 cm³/mol. The van der Waals surface area contributed by atoms with Crippen molar-refractivity contribution >= 4 is 5.82 Å². The maximum atomic E-state index is 12.4. The van der Waals surface area contributed by atoms with Gasteiger partial charge in [0.25, 0.3) is 5.56 Å². The number of nitrogens with one attached hydrogen (secondary N) is 1. The van der Waals surface area contributed by atoms with E-state index in [0.717, 1.165) is 19.3 Å². The molecule has 2 atom stereocenters. The van der Waals surface area contributed by atoms with Gasteiger partial charge >= 0.3 is 0 Å². The fourth-order valence-electron chi connectivity index (χ4n) is 2.52. The molecule has 0 amide bonds. The van der Waals surface area contributed by atoms with Gasteiger partial charge in [-0.1, -0.05) is 0 Å². The van der Waals surface area contributed by atoms with Gasteiger partial charge in [-0.3, -0.25) is 4.79 Å². The molecule has 5 nitrogen and oxygen atoms in total. The lowest BCUT2D eigenvalue weighted by atomic mass is 10.1. The molecule has 1 aliphatic carbocycles. The molecule has 1 N–H and O–H groups in total. The molecular weight excluding hydrogens is 242 g/mol. The highest BCUT2D eigenvalue weighted by Gasteiger charge is 2.26. The first-order chi connectivity index (χ1) is 8.91. The lowest BCUT2D eigenvalue weighted by Gasteiger charge is -2.23. The smallest absolute Gasteiger partial charge is 0.293 e. The van der Waals surface area contributed by atoms with E-state index in [1.54, 1.807) is 24.1 Å². The lowest BCUT2D eigenvalue weighted by Crippen LogP contribution is -2.36. The van der Waals surface area contributed by atoms with E-state index < -0.39 is 0 Å². The van der Waals surface area contributed by atoms with Crippen molar-refractivity contribution in [3.05, 3.63) is 22.7 Å². The topological polar surface area (TPSA) is 56.1 Å². The molecule has 19 heavy (non-hydrogen) atoms. The van der Waals surface area contributed by atoms with E-state index in [9.17, 15) is 4.79 Å². The zero-order valence-corrected chi connectivity index (χ0v) is 12.1. The van der Waals surface area contributed by atoms with Crippen LogP contribution in [0.1, 0.15) is 40.0 Å². The van der Waals surface area contributed by atoms with Crippen molar-refractivity contribution in [1.82, 2.24) is 9.55 Å². The number of rotatable bonds is 3. The van der Waals surface area contributed by atoms with Gasteiger partial charge in [0.15, 0.2) is 5.82 Å². The predicted octanol–water partition coefficient (Wildman–Crippen LogP) is 1.98. The molecule has 1 heterocycles. The van der Waals surface area contributed by atoms with Crippen LogP contribution >= 0.6 is 0 Å². The summed E-state index contributed by atoms with van der Waals surface area (Å²) in [7, 11) is 1.74. The van der Waals surface area contributed by atoms with E-state index in [1.165, 1.54) is 0 Å². The second-order valence-electron chi connectivity index (χ2n) is 6.13. The van der Waals surface area contributed by atoms with E-state index in [2.05, 4.69) is 10.3 Å². The monoisotopic (exact) mass is 265 g/mol. The molecule has 2 rings (SSSR count). The zero-order chi connectivity index (χ0) is 14.0. The number of hydrogen-bond acceptors (Lipinski definition) is 4. The number of anilines is 1. The fourth-order valence-corrected chi connectivity index (χ4v) is 2.52. The Balaban J connectivity index is 2.16. The number of nitrogens with zero attached hydrogens (tertiary/aromatic N) is 2. The van der Waals surface area contributed by atoms with Crippen LogP contribution in [0.15, 0.2) is 17.2 Å². The molecule has 1 fully saturated rings. The lowest BCUT2D eigenvalue weighted by molar-refractivity contribution is 0.108. The molecule has 0 spiro atoms. The Morgan fingerprint density at radius 1 is 1.42 bits per heavy atom. The molecule has 1 aromatic heterocycles. The summed E-state index contributed by atoms with van der Waals surface area (Å²) in [4.78, 5) is 16.5. The molecule has 0 radical (unpaired) electrons. The second kappa shape index (κ2) is 5.33. The van der Waals surface area contributed by atoms with Gasteiger partial charge in [0.05, 0.1) is 6.10 Å². The second-order valence-corrected chi connectivity index (χ2v) is 6.13. The van der Waals surface area contributed by atoms with Crippen LogP contribution in [0.3, 0.4) is 0 Å². The Kier molecular flexibility index (Phi) is 3.94. The first-order valence-corrected chi connectivity index (χ1v) is 6.79. The van der Waals surface area contributed by atoms with Crippen molar-refractivity contribution in [2.75, 3.05) is 12.4 Å². The molecule has 1 aromatic rings. The van der Waals surface area contributed by atoms with Crippen LogP contribution in [-0.4, -0.2) is 28.8 Å². The van der Waals surface area contributed by atoms with Gasteiger partial charge in [-0.25, -0.2) is 4.98 Å². The highest BCUT2D eigenvalue weighted by atomic mass is 16.5. The van der Waals surface area contributed by atoms with Crippen molar-refractivity contribution in [3.63, 3.8) is 0 Å². The molecule has 0 aliphatic heterocycles. The highest BCUT2D eigenvalue weighted by Crippen LogP contribution is 2.23. The van der Waals surface area contributed by atoms with E-state index in [-0.39, 0.29) is 17.1 Å². The molecule has 106 valence electrons. The minimum absolute atomic E-state index is 0.0594. The van der Waals surface area contributed by atoms with Gasteiger partial charge in [0.1, 0.15) is 0 Å². The molecule has 1 aliphatic rings. The Morgan fingerprint density at radius 3 is 2.74 bits per heavy atom. The first kappa shape index (κ1) is 14.1. The van der Waals surface area contributed by atoms with Crippen molar-refractivity contribution < 1.29 is 4.74 Å². The summed E-state index contributed by atoms with van der Waals surface area (Å²) in [5, 5.41) is 3.26. The SMILES string of the molecule is COC1CCC(Nc2nccn(C(C)(C)C)c2=O)C1. The van der Waals surface area contributed by atoms with E-state index in [0.29, 0.717) is 11.9 Å². The van der Waals surface area contributed by atoms with Crippen LogP contribution in [0, 0.1) is 0 Å². The number of hydrogen-bond donors (Lipinski definition) is 1. The molecule has 0 aromatic carbocycles. The zero-order valence-electron chi connectivity index (χ0n) is 12.1. The summed E-state index contributed by atoms with van der Waals surface area (Å²) in [5.74, 6) is 0.444. The number of aromatic nitrogens is 2. The van der Waals surface area contributed by atoms with Gasteiger partial charge in [0.2, 0.25) is 0 Å². The van der Waals surface area contributed by atoms with Crippen molar-refractivity contribution in [3.8, 4) is 0 Å². The van der Waals surface area contributed by atoms with E-state index in [1.807, 2.05) is 20.8 Å². The van der Waals surface area contributed by atoms with E-state index >= 15 is 0 Å². The van der Waals surface area contributed by atoms with Crippen LogP contribution in [0.5, 0.6) is 0 Å². The Bertz CT molecular complexity index is 490. The summed E-state index contributed by atoms with van der Waals surface area (Å²) in [6.45, 7) is 6.03. The number of ether oxygens (including phenoxy) is 1. The number of methoxy groups -OCH3 is 1. The van der Waals surface area contributed by atoms with Crippen molar-refractivity contribution in [2.24, 2.45) is 0 Å². The van der Waals surface area contributed by atoms with Gasteiger partial charge in [-0.2, -0.15) is 0 Å². The summed E-state index contributed by atoms with van der Waals surface area (Å²) in [6.07, 6.45) is 6.70. The minimum atomic E-state index is -0.235. The van der Waals surface area contributed by atoms with Gasteiger partial charge in [-0.15, -0.1) is 0 Å².